The van der Waals surface area contributed by atoms with E-state index in [1.54, 1.807) is 31.2 Å². The largest absolute Gasteiger partial charge is 0.497 e. The van der Waals surface area contributed by atoms with E-state index >= 15 is 0 Å². The zero-order valence-corrected chi connectivity index (χ0v) is 23.0. The van der Waals surface area contributed by atoms with Crippen LogP contribution in [0.5, 0.6) is 5.75 Å². The molecule has 11 heteroatoms. The lowest BCUT2D eigenvalue weighted by Crippen LogP contribution is -2.54. The van der Waals surface area contributed by atoms with Crippen molar-refractivity contribution in [3.63, 3.8) is 0 Å². The highest BCUT2D eigenvalue weighted by Crippen LogP contribution is 2.28. The summed E-state index contributed by atoms with van der Waals surface area (Å²) in [5.41, 5.74) is 0.381. The zero-order valence-electron chi connectivity index (χ0n) is 20.6. The Balaban J connectivity index is 2.44. The van der Waals surface area contributed by atoms with Gasteiger partial charge in [0, 0.05) is 12.1 Å². The number of nitrogens with one attached hydrogen (secondary N) is 1. The van der Waals surface area contributed by atoms with E-state index in [0.29, 0.717) is 11.3 Å². The van der Waals surface area contributed by atoms with Gasteiger partial charge >= 0.3 is 0 Å². The molecule has 1 N–H and O–H groups in total. The predicted molar refractivity (Wildman–Crippen MR) is 140 cm³/mol. The van der Waals surface area contributed by atoms with Gasteiger partial charge in [-0.2, -0.15) is 0 Å². The molecule has 8 nitrogen and oxygen atoms in total. The van der Waals surface area contributed by atoms with E-state index < -0.39 is 34.1 Å². The first-order valence-corrected chi connectivity index (χ1v) is 13.4. The average molecular weight is 545 g/mol. The Kier molecular flexibility index (Phi) is 9.44. The van der Waals surface area contributed by atoms with E-state index in [9.17, 15) is 18.0 Å². The summed E-state index contributed by atoms with van der Waals surface area (Å²) in [7, 11) is -2.34. The smallest absolute Gasteiger partial charge is 0.244 e. The molecule has 0 aromatic heterocycles. The number of amides is 2. The highest BCUT2D eigenvalue weighted by Gasteiger charge is 2.31. The number of hydrogen-bond acceptors (Lipinski definition) is 5. The molecule has 0 radical (unpaired) electrons. The number of hydrogen-bond donors (Lipinski definition) is 1. The molecule has 35 heavy (non-hydrogen) atoms. The summed E-state index contributed by atoms with van der Waals surface area (Å²) in [6.07, 6.45) is 0.991. The lowest BCUT2D eigenvalue weighted by Gasteiger charge is -2.33. The van der Waals surface area contributed by atoms with Gasteiger partial charge in [-0.1, -0.05) is 35.3 Å². The average Bonchev–Trinajstić information content (AvgIpc) is 2.75. The highest BCUT2D eigenvalue weighted by molar-refractivity contribution is 7.92. The van der Waals surface area contributed by atoms with Gasteiger partial charge in [-0.25, -0.2) is 8.42 Å². The van der Waals surface area contributed by atoms with Crippen molar-refractivity contribution in [1.29, 1.82) is 0 Å². The molecule has 0 spiro atoms. The Morgan fingerprint density at radius 3 is 2.29 bits per heavy atom. The van der Waals surface area contributed by atoms with Crippen molar-refractivity contribution in [2.45, 2.75) is 45.8 Å². The van der Waals surface area contributed by atoms with Crippen molar-refractivity contribution < 1.29 is 22.7 Å². The summed E-state index contributed by atoms with van der Waals surface area (Å²) in [6, 6.07) is 10.5. The number of nitrogens with zero attached hydrogens (tertiary/aromatic N) is 2. The maximum absolute atomic E-state index is 13.5. The van der Waals surface area contributed by atoms with Gasteiger partial charge < -0.3 is 15.0 Å². The fraction of sp³-hybridized carbons (Fsp3) is 0.417. The Hall–Kier alpha value is -2.49. The summed E-state index contributed by atoms with van der Waals surface area (Å²) < 4.78 is 31.4. The van der Waals surface area contributed by atoms with E-state index in [2.05, 4.69) is 5.32 Å². The lowest BCUT2D eigenvalue weighted by atomic mass is 10.1. The summed E-state index contributed by atoms with van der Waals surface area (Å²) in [4.78, 5) is 27.8. The molecule has 192 valence electrons. The molecule has 2 rings (SSSR count). The Morgan fingerprint density at radius 1 is 1.09 bits per heavy atom. The normalized spacial score (nSPS) is 12.6. The van der Waals surface area contributed by atoms with Crippen molar-refractivity contribution in [3.05, 3.63) is 58.1 Å². The third-order valence-corrected chi connectivity index (χ3v) is 6.90. The Morgan fingerprint density at radius 2 is 1.74 bits per heavy atom. The van der Waals surface area contributed by atoms with E-state index in [0.717, 1.165) is 10.6 Å². The molecule has 2 aromatic carbocycles. The summed E-state index contributed by atoms with van der Waals surface area (Å²) in [6.45, 7) is 6.63. The molecule has 0 aliphatic rings. The number of sulfonamides is 1. The molecule has 0 saturated carbocycles. The van der Waals surface area contributed by atoms with E-state index in [1.807, 2.05) is 20.8 Å². The van der Waals surface area contributed by atoms with Crippen LogP contribution in [0.1, 0.15) is 33.3 Å². The quantitative estimate of drug-likeness (QED) is 0.513. The molecule has 0 fully saturated rings. The number of anilines is 1. The summed E-state index contributed by atoms with van der Waals surface area (Å²) in [5.74, 6) is -0.342. The number of benzene rings is 2. The standard InChI is InChI=1S/C24H31Cl2N3O5S/c1-16(23(31)27-24(2,3)4)28(14-17-8-7-9-19(12-17)34-5)22(30)15-29(35(6,32)33)18-10-11-20(25)21(26)13-18/h7-13,16H,14-15H2,1-6H3,(H,27,31). The number of methoxy groups -OCH3 is 1. The first kappa shape index (κ1) is 28.7. The molecule has 1 atom stereocenters. The molecule has 0 bridgehead atoms. The van der Waals surface area contributed by atoms with Crippen molar-refractivity contribution in [2.75, 3.05) is 24.2 Å². The first-order valence-electron chi connectivity index (χ1n) is 10.8. The second-order valence-electron chi connectivity index (χ2n) is 9.16. The van der Waals surface area contributed by atoms with Crippen LogP contribution >= 0.6 is 23.2 Å². The number of halogens is 2. The topological polar surface area (TPSA) is 96.0 Å². The van der Waals surface area contributed by atoms with Gasteiger partial charge in [0.05, 0.1) is 29.1 Å². The fourth-order valence-electron chi connectivity index (χ4n) is 3.28. The van der Waals surface area contributed by atoms with Crippen LogP contribution in [0.15, 0.2) is 42.5 Å². The van der Waals surface area contributed by atoms with Crippen molar-refractivity contribution in [2.24, 2.45) is 0 Å². The van der Waals surface area contributed by atoms with Crippen molar-refractivity contribution in [1.82, 2.24) is 10.2 Å². The Labute approximate surface area is 217 Å². The second-order valence-corrected chi connectivity index (χ2v) is 11.9. The van der Waals surface area contributed by atoms with Crippen molar-refractivity contribution >= 4 is 50.7 Å². The Bertz CT molecular complexity index is 1180. The molecular weight excluding hydrogens is 513 g/mol. The minimum absolute atomic E-state index is 0.0632. The van der Waals surface area contributed by atoms with Gasteiger partial charge in [0.2, 0.25) is 21.8 Å². The molecule has 0 aliphatic carbocycles. The predicted octanol–water partition coefficient (Wildman–Crippen LogP) is 4.10. The van der Waals surface area contributed by atoms with Gasteiger partial charge in [-0.3, -0.25) is 13.9 Å². The third kappa shape index (κ3) is 8.30. The zero-order chi connectivity index (χ0) is 26.6. The highest BCUT2D eigenvalue weighted by atomic mass is 35.5. The number of rotatable bonds is 9. The third-order valence-electron chi connectivity index (χ3n) is 5.02. The van der Waals surface area contributed by atoms with Gasteiger partial charge in [0.15, 0.2) is 0 Å². The van der Waals surface area contributed by atoms with Crippen LogP contribution in [0.25, 0.3) is 0 Å². The van der Waals surface area contributed by atoms with Crippen LogP contribution in [-0.4, -0.2) is 56.6 Å². The molecule has 0 aliphatic heterocycles. The molecule has 1 unspecified atom stereocenters. The van der Waals surface area contributed by atoms with Crippen molar-refractivity contribution in [3.8, 4) is 5.75 Å². The number of ether oxygens (including phenoxy) is 1. The molecule has 2 amide bonds. The van der Waals surface area contributed by atoms with Crippen LogP contribution in [0.4, 0.5) is 5.69 Å². The van der Waals surface area contributed by atoms with E-state index in [4.69, 9.17) is 27.9 Å². The summed E-state index contributed by atoms with van der Waals surface area (Å²) >= 11 is 12.1. The maximum atomic E-state index is 13.5. The van der Waals surface area contributed by atoms with Crippen LogP contribution in [0.3, 0.4) is 0 Å². The fourth-order valence-corrected chi connectivity index (χ4v) is 4.41. The van der Waals surface area contributed by atoms with Gasteiger partial charge in [0.1, 0.15) is 18.3 Å². The number of carbonyl (C=O) groups is 2. The van der Waals surface area contributed by atoms with Gasteiger partial charge in [-0.15, -0.1) is 0 Å². The minimum Gasteiger partial charge on any atom is -0.497 e. The lowest BCUT2D eigenvalue weighted by molar-refractivity contribution is -0.140. The van der Waals surface area contributed by atoms with Crippen LogP contribution in [0, 0.1) is 0 Å². The molecule has 0 heterocycles. The van der Waals surface area contributed by atoms with Crippen LogP contribution in [-0.2, 0) is 26.2 Å². The van der Waals surface area contributed by atoms with Gasteiger partial charge in [0.25, 0.3) is 0 Å². The number of carbonyl (C=O) groups excluding carboxylic acids is 2. The van der Waals surface area contributed by atoms with Gasteiger partial charge in [-0.05, 0) is 63.6 Å². The monoisotopic (exact) mass is 543 g/mol. The second kappa shape index (κ2) is 11.5. The molecule has 0 saturated heterocycles. The van der Waals surface area contributed by atoms with E-state index in [-0.39, 0.29) is 28.2 Å². The van der Waals surface area contributed by atoms with E-state index in [1.165, 1.54) is 30.2 Å². The SMILES string of the molecule is COc1cccc(CN(C(=O)CN(c2ccc(Cl)c(Cl)c2)S(C)(=O)=O)C(C)C(=O)NC(C)(C)C)c1. The maximum Gasteiger partial charge on any atom is 0.244 e. The molecular formula is C24H31Cl2N3O5S. The summed E-state index contributed by atoms with van der Waals surface area (Å²) in [5, 5.41) is 3.27. The van der Waals surface area contributed by atoms with Crippen LogP contribution in [0.2, 0.25) is 10.0 Å². The van der Waals surface area contributed by atoms with Crippen LogP contribution < -0.4 is 14.4 Å². The molecule has 2 aromatic rings. The first-order chi connectivity index (χ1) is 16.1. The minimum atomic E-state index is -3.87.